The highest BCUT2D eigenvalue weighted by atomic mass is 32.2. The average molecular weight is 398 g/mol. The summed E-state index contributed by atoms with van der Waals surface area (Å²) in [7, 11) is -3.44. The normalized spacial score (nSPS) is 11.4. The smallest absolute Gasteiger partial charge is 0.229 e. The molecule has 9 heteroatoms. The van der Waals surface area contributed by atoms with E-state index in [1.807, 2.05) is 26.0 Å². The largest absolute Gasteiger partial charge is 0.368 e. The highest BCUT2D eigenvalue weighted by Crippen LogP contribution is 2.35. The van der Waals surface area contributed by atoms with Crippen molar-refractivity contribution in [2.75, 3.05) is 16.7 Å². The molecule has 0 aliphatic heterocycles. The molecule has 0 amide bonds. The summed E-state index contributed by atoms with van der Waals surface area (Å²) in [6.07, 6.45) is 5.13. The summed E-state index contributed by atoms with van der Waals surface area (Å²) in [6.45, 7) is 5.62. The summed E-state index contributed by atoms with van der Waals surface area (Å²) < 4.78 is 25.9. The van der Waals surface area contributed by atoms with Crippen molar-refractivity contribution in [1.29, 1.82) is 0 Å². The maximum atomic E-state index is 11.7. The lowest BCUT2D eigenvalue weighted by atomic mass is 9.97. The lowest BCUT2D eigenvalue weighted by molar-refractivity contribution is 0.606. The van der Waals surface area contributed by atoms with Crippen molar-refractivity contribution in [1.82, 2.24) is 19.9 Å². The third-order valence-corrected chi connectivity index (χ3v) is 4.77. The topological polar surface area (TPSA) is 124 Å². The van der Waals surface area contributed by atoms with Gasteiger partial charge in [0.05, 0.1) is 29.0 Å². The van der Waals surface area contributed by atoms with Crippen molar-refractivity contribution >= 4 is 21.7 Å². The number of nitrogens with one attached hydrogen (secondary N) is 1. The average Bonchev–Trinajstić information content (AvgIpc) is 2.62. The molecule has 0 unspecified atom stereocenters. The van der Waals surface area contributed by atoms with Crippen LogP contribution in [0.3, 0.4) is 0 Å². The number of hydrogen-bond acceptors (Lipinski definition) is 7. The SMILES string of the molecule is CCc1nc(N)nc(-c2ccnc(C)c2)c1-c1cnc(C)c(NS(C)(=O)=O)c1. The number of aromatic nitrogens is 4. The van der Waals surface area contributed by atoms with E-state index in [4.69, 9.17) is 5.73 Å². The third kappa shape index (κ3) is 4.25. The van der Waals surface area contributed by atoms with Gasteiger partial charge >= 0.3 is 0 Å². The number of aryl methyl sites for hydroxylation is 3. The van der Waals surface area contributed by atoms with Crippen LogP contribution in [0.4, 0.5) is 11.6 Å². The molecule has 146 valence electrons. The Morgan fingerprint density at radius 1 is 1.11 bits per heavy atom. The molecule has 0 spiro atoms. The summed E-state index contributed by atoms with van der Waals surface area (Å²) in [4.78, 5) is 17.5. The van der Waals surface area contributed by atoms with E-state index in [1.165, 1.54) is 0 Å². The molecule has 3 rings (SSSR count). The predicted molar refractivity (Wildman–Crippen MR) is 110 cm³/mol. The Balaban J connectivity index is 2.28. The first-order chi connectivity index (χ1) is 13.2. The first-order valence-corrected chi connectivity index (χ1v) is 10.6. The van der Waals surface area contributed by atoms with E-state index in [0.29, 0.717) is 29.1 Å². The number of rotatable bonds is 5. The van der Waals surface area contributed by atoms with Crippen molar-refractivity contribution in [3.63, 3.8) is 0 Å². The molecule has 0 aliphatic rings. The highest BCUT2D eigenvalue weighted by Gasteiger charge is 2.18. The van der Waals surface area contributed by atoms with Crippen molar-refractivity contribution in [2.45, 2.75) is 27.2 Å². The molecular formula is C19H22N6O2S. The van der Waals surface area contributed by atoms with Gasteiger partial charge in [0, 0.05) is 34.8 Å². The molecule has 8 nitrogen and oxygen atoms in total. The Morgan fingerprint density at radius 3 is 2.50 bits per heavy atom. The Labute approximate surface area is 164 Å². The lowest BCUT2D eigenvalue weighted by Gasteiger charge is -2.16. The molecule has 0 saturated heterocycles. The van der Waals surface area contributed by atoms with E-state index >= 15 is 0 Å². The number of nitrogen functional groups attached to an aromatic ring is 1. The number of anilines is 2. The fraction of sp³-hybridized carbons (Fsp3) is 0.263. The van der Waals surface area contributed by atoms with Crippen LogP contribution < -0.4 is 10.5 Å². The van der Waals surface area contributed by atoms with E-state index in [-0.39, 0.29) is 5.95 Å². The zero-order valence-corrected chi connectivity index (χ0v) is 17.0. The van der Waals surface area contributed by atoms with E-state index < -0.39 is 10.0 Å². The van der Waals surface area contributed by atoms with Crippen LogP contribution in [0, 0.1) is 13.8 Å². The van der Waals surface area contributed by atoms with Crippen molar-refractivity contribution in [3.05, 3.63) is 47.7 Å². The second kappa shape index (κ2) is 7.51. The Morgan fingerprint density at radius 2 is 1.86 bits per heavy atom. The lowest BCUT2D eigenvalue weighted by Crippen LogP contribution is -2.11. The van der Waals surface area contributed by atoms with Crippen LogP contribution in [0.5, 0.6) is 0 Å². The second-order valence-electron chi connectivity index (χ2n) is 6.52. The molecule has 0 saturated carbocycles. The van der Waals surface area contributed by atoms with Crippen LogP contribution in [0.15, 0.2) is 30.6 Å². The predicted octanol–water partition coefficient (Wildman–Crippen LogP) is 2.73. The van der Waals surface area contributed by atoms with Gasteiger partial charge in [0.2, 0.25) is 16.0 Å². The van der Waals surface area contributed by atoms with Crippen molar-refractivity contribution < 1.29 is 8.42 Å². The summed E-state index contributed by atoms with van der Waals surface area (Å²) in [5.74, 6) is 0.180. The molecule has 3 heterocycles. The molecule has 3 N–H and O–H groups in total. The molecule has 28 heavy (non-hydrogen) atoms. The highest BCUT2D eigenvalue weighted by molar-refractivity contribution is 7.92. The maximum Gasteiger partial charge on any atom is 0.229 e. The fourth-order valence-corrected chi connectivity index (χ4v) is 3.57. The molecule has 0 aromatic carbocycles. The van der Waals surface area contributed by atoms with Gasteiger partial charge in [-0.1, -0.05) is 6.92 Å². The standard InChI is InChI=1S/C19H22N6O2S/c1-5-15-17(14-9-16(12(3)22-10-14)25-28(4,26)27)18(24-19(20)23-15)13-6-7-21-11(2)8-13/h6-10,25H,5H2,1-4H3,(H2,20,23,24). The van der Waals surface area contributed by atoms with E-state index in [0.717, 1.165) is 28.8 Å². The second-order valence-corrected chi connectivity index (χ2v) is 8.27. The van der Waals surface area contributed by atoms with Gasteiger partial charge in [-0.25, -0.2) is 18.4 Å². The maximum absolute atomic E-state index is 11.7. The van der Waals surface area contributed by atoms with E-state index in [1.54, 1.807) is 25.4 Å². The van der Waals surface area contributed by atoms with Crippen LogP contribution in [0.25, 0.3) is 22.4 Å². The first-order valence-electron chi connectivity index (χ1n) is 8.72. The Bertz CT molecular complexity index is 1150. The van der Waals surface area contributed by atoms with Gasteiger partial charge in [-0.3, -0.25) is 14.7 Å². The Kier molecular flexibility index (Phi) is 5.28. The van der Waals surface area contributed by atoms with Gasteiger partial charge in [-0.2, -0.15) is 0 Å². The molecule has 0 radical (unpaired) electrons. The molecule has 0 bridgehead atoms. The molecule has 0 aliphatic carbocycles. The van der Waals surface area contributed by atoms with Gasteiger partial charge < -0.3 is 5.73 Å². The van der Waals surface area contributed by atoms with Crippen LogP contribution in [0.1, 0.15) is 24.0 Å². The summed E-state index contributed by atoms with van der Waals surface area (Å²) >= 11 is 0. The summed E-state index contributed by atoms with van der Waals surface area (Å²) in [5.41, 5.74) is 11.5. The third-order valence-electron chi connectivity index (χ3n) is 4.18. The molecule has 3 aromatic heterocycles. The van der Waals surface area contributed by atoms with Crippen LogP contribution in [-0.4, -0.2) is 34.6 Å². The monoisotopic (exact) mass is 398 g/mol. The van der Waals surface area contributed by atoms with Crippen LogP contribution >= 0.6 is 0 Å². The van der Waals surface area contributed by atoms with Crippen LogP contribution in [-0.2, 0) is 16.4 Å². The molecule has 3 aromatic rings. The number of nitrogens with zero attached hydrogens (tertiary/aromatic N) is 4. The fourth-order valence-electron chi connectivity index (χ4n) is 2.96. The molecular weight excluding hydrogens is 376 g/mol. The van der Waals surface area contributed by atoms with Gasteiger partial charge in [0.15, 0.2) is 0 Å². The number of pyridine rings is 2. The minimum absolute atomic E-state index is 0.180. The quantitative estimate of drug-likeness (QED) is 0.677. The zero-order chi connectivity index (χ0) is 20.5. The van der Waals surface area contributed by atoms with Crippen LogP contribution in [0.2, 0.25) is 0 Å². The van der Waals surface area contributed by atoms with Gasteiger partial charge in [-0.05, 0) is 38.5 Å². The molecule has 0 atom stereocenters. The number of hydrogen-bond donors (Lipinski definition) is 2. The summed E-state index contributed by atoms with van der Waals surface area (Å²) in [6, 6.07) is 5.52. The van der Waals surface area contributed by atoms with Gasteiger partial charge in [-0.15, -0.1) is 0 Å². The van der Waals surface area contributed by atoms with Gasteiger partial charge in [0.1, 0.15) is 0 Å². The van der Waals surface area contributed by atoms with Crippen molar-refractivity contribution in [3.8, 4) is 22.4 Å². The van der Waals surface area contributed by atoms with E-state index in [9.17, 15) is 8.42 Å². The summed E-state index contributed by atoms with van der Waals surface area (Å²) in [5, 5.41) is 0. The van der Waals surface area contributed by atoms with Gasteiger partial charge in [0.25, 0.3) is 0 Å². The van der Waals surface area contributed by atoms with E-state index in [2.05, 4.69) is 24.7 Å². The first kappa shape index (κ1) is 19.7. The molecule has 0 fully saturated rings. The van der Waals surface area contributed by atoms with Crippen molar-refractivity contribution in [2.24, 2.45) is 0 Å². The number of nitrogens with two attached hydrogens (primary N) is 1. The Hall–Kier alpha value is -3.07. The zero-order valence-electron chi connectivity index (χ0n) is 16.2. The number of sulfonamides is 1. The minimum atomic E-state index is -3.44. The minimum Gasteiger partial charge on any atom is -0.368 e.